The van der Waals surface area contributed by atoms with E-state index in [9.17, 15) is 14.9 Å². The van der Waals surface area contributed by atoms with E-state index >= 15 is 0 Å². The lowest BCUT2D eigenvalue weighted by atomic mass is 9.94. The number of nitro groups is 1. The minimum atomic E-state index is -0.587. The van der Waals surface area contributed by atoms with Gasteiger partial charge in [0.1, 0.15) is 5.69 Å². The standard InChI is InChI=1S/C18H22N2O3/c1-2-3-4-5-9-15(13-20(22)23)18(21)17-12-11-14-8-6-7-10-16(14)19-17/h6-8,10-12,15H,2-5,9,13H2,1H3. The van der Waals surface area contributed by atoms with Crippen LogP contribution in [0.25, 0.3) is 10.9 Å². The maximum absolute atomic E-state index is 12.6. The Morgan fingerprint density at radius 3 is 2.70 bits per heavy atom. The molecule has 0 aliphatic heterocycles. The number of Topliss-reactive ketones (excluding diaryl/α,β-unsaturated/α-hetero) is 1. The molecule has 23 heavy (non-hydrogen) atoms. The van der Waals surface area contributed by atoms with E-state index in [4.69, 9.17) is 0 Å². The number of hydrogen-bond donors (Lipinski definition) is 0. The fourth-order valence-electron chi connectivity index (χ4n) is 2.72. The Kier molecular flexibility index (Phi) is 6.20. The molecule has 1 heterocycles. The van der Waals surface area contributed by atoms with Crippen molar-refractivity contribution in [3.8, 4) is 0 Å². The SMILES string of the molecule is CCCCCCC(C[N+](=O)[O-])C(=O)c1ccc2ccccc2n1. The Morgan fingerprint density at radius 1 is 1.17 bits per heavy atom. The summed E-state index contributed by atoms with van der Waals surface area (Å²) in [5, 5.41) is 11.8. The molecule has 0 saturated carbocycles. The number of para-hydroxylation sites is 1. The highest BCUT2D eigenvalue weighted by Gasteiger charge is 2.25. The molecule has 1 aromatic heterocycles. The van der Waals surface area contributed by atoms with E-state index < -0.39 is 10.8 Å². The molecule has 0 radical (unpaired) electrons. The van der Waals surface area contributed by atoms with Gasteiger partial charge >= 0.3 is 0 Å². The highest BCUT2D eigenvalue weighted by atomic mass is 16.6. The molecule has 122 valence electrons. The summed E-state index contributed by atoms with van der Waals surface area (Å²) < 4.78 is 0. The van der Waals surface area contributed by atoms with Crippen molar-refractivity contribution in [2.45, 2.75) is 39.0 Å². The molecule has 0 spiro atoms. The van der Waals surface area contributed by atoms with Gasteiger partial charge < -0.3 is 0 Å². The van der Waals surface area contributed by atoms with Crippen LogP contribution in [0.5, 0.6) is 0 Å². The second-order valence-corrected chi connectivity index (χ2v) is 5.82. The quantitative estimate of drug-likeness (QED) is 0.300. The van der Waals surface area contributed by atoms with Gasteiger partial charge in [-0.15, -0.1) is 0 Å². The van der Waals surface area contributed by atoms with Crippen molar-refractivity contribution in [3.63, 3.8) is 0 Å². The molecule has 1 aromatic carbocycles. The molecule has 0 N–H and O–H groups in total. The van der Waals surface area contributed by atoms with Crippen LogP contribution < -0.4 is 0 Å². The fraction of sp³-hybridized carbons (Fsp3) is 0.444. The van der Waals surface area contributed by atoms with Crippen LogP contribution >= 0.6 is 0 Å². The van der Waals surface area contributed by atoms with E-state index in [1.807, 2.05) is 30.3 Å². The Balaban J connectivity index is 2.14. The minimum Gasteiger partial charge on any atom is -0.292 e. The van der Waals surface area contributed by atoms with Crippen LogP contribution in [0.2, 0.25) is 0 Å². The summed E-state index contributed by atoms with van der Waals surface area (Å²) >= 11 is 0. The first-order chi connectivity index (χ1) is 11.1. The van der Waals surface area contributed by atoms with E-state index in [2.05, 4.69) is 11.9 Å². The van der Waals surface area contributed by atoms with Crippen molar-refractivity contribution in [1.29, 1.82) is 0 Å². The summed E-state index contributed by atoms with van der Waals surface area (Å²) in [6.07, 6.45) is 4.58. The number of carbonyl (C=O) groups excluding carboxylic acids is 1. The second-order valence-electron chi connectivity index (χ2n) is 5.82. The summed E-state index contributed by atoms with van der Waals surface area (Å²) in [6.45, 7) is 1.79. The van der Waals surface area contributed by atoms with Gasteiger partial charge in [-0.2, -0.15) is 0 Å². The molecule has 5 nitrogen and oxygen atoms in total. The summed E-state index contributed by atoms with van der Waals surface area (Å²) in [5.41, 5.74) is 1.07. The Labute approximate surface area is 135 Å². The van der Waals surface area contributed by atoms with Gasteiger partial charge in [-0.3, -0.25) is 14.9 Å². The van der Waals surface area contributed by atoms with Gasteiger partial charge in [0.05, 0.1) is 11.4 Å². The maximum Gasteiger partial charge on any atom is 0.213 e. The number of aromatic nitrogens is 1. The second kappa shape index (κ2) is 8.36. The van der Waals surface area contributed by atoms with Gasteiger partial charge in [0.2, 0.25) is 6.54 Å². The van der Waals surface area contributed by atoms with Crippen molar-refractivity contribution in [2.75, 3.05) is 6.54 Å². The number of unbranched alkanes of at least 4 members (excludes halogenated alkanes) is 3. The number of rotatable bonds is 9. The largest absolute Gasteiger partial charge is 0.292 e. The monoisotopic (exact) mass is 314 g/mol. The first-order valence-electron chi connectivity index (χ1n) is 8.13. The molecule has 2 aromatic rings. The van der Waals surface area contributed by atoms with E-state index in [1.165, 1.54) is 0 Å². The smallest absolute Gasteiger partial charge is 0.213 e. The lowest BCUT2D eigenvalue weighted by Crippen LogP contribution is -2.24. The number of fused-ring (bicyclic) bond motifs is 1. The van der Waals surface area contributed by atoms with Crippen LogP contribution in [0.3, 0.4) is 0 Å². The average Bonchev–Trinajstić information content (AvgIpc) is 2.56. The number of ketones is 1. The van der Waals surface area contributed by atoms with E-state index in [0.717, 1.165) is 36.6 Å². The zero-order valence-corrected chi connectivity index (χ0v) is 13.4. The summed E-state index contributed by atoms with van der Waals surface area (Å²) in [7, 11) is 0. The highest BCUT2D eigenvalue weighted by Crippen LogP contribution is 2.19. The zero-order valence-electron chi connectivity index (χ0n) is 13.4. The van der Waals surface area contributed by atoms with Gasteiger partial charge in [-0.25, -0.2) is 4.98 Å². The molecule has 0 aliphatic carbocycles. The van der Waals surface area contributed by atoms with Crippen molar-refractivity contribution >= 4 is 16.7 Å². The first kappa shape index (κ1) is 17.1. The normalized spacial score (nSPS) is 12.2. The molecule has 0 amide bonds. The molecule has 1 atom stereocenters. The molecular formula is C18H22N2O3. The zero-order chi connectivity index (χ0) is 16.7. The predicted molar refractivity (Wildman–Crippen MR) is 90.2 cm³/mol. The molecule has 1 unspecified atom stereocenters. The van der Waals surface area contributed by atoms with Crippen molar-refractivity contribution in [2.24, 2.45) is 5.92 Å². The maximum atomic E-state index is 12.6. The Morgan fingerprint density at radius 2 is 1.96 bits per heavy atom. The number of nitrogens with zero attached hydrogens (tertiary/aromatic N) is 2. The van der Waals surface area contributed by atoms with Gasteiger partial charge in [-0.05, 0) is 18.6 Å². The predicted octanol–water partition coefficient (Wildman–Crippen LogP) is 4.28. The summed E-state index contributed by atoms with van der Waals surface area (Å²) in [6, 6.07) is 11.1. The lowest BCUT2D eigenvalue weighted by Gasteiger charge is -2.11. The van der Waals surface area contributed by atoms with Crippen molar-refractivity contribution in [3.05, 3.63) is 52.2 Å². The molecule has 0 saturated heterocycles. The molecule has 0 aliphatic rings. The topological polar surface area (TPSA) is 73.1 Å². The van der Waals surface area contributed by atoms with Crippen molar-refractivity contribution in [1.82, 2.24) is 4.98 Å². The third-order valence-electron chi connectivity index (χ3n) is 4.00. The molecular weight excluding hydrogens is 292 g/mol. The van der Waals surface area contributed by atoms with Crippen LogP contribution in [0.15, 0.2) is 36.4 Å². The van der Waals surface area contributed by atoms with Crippen LogP contribution in [0.4, 0.5) is 0 Å². The van der Waals surface area contributed by atoms with E-state index in [1.54, 1.807) is 6.07 Å². The van der Waals surface area contributed by atoms with E-state index in [0.29, 0.717) is 12.1 Å². The van der Waals surface area contributed by atoms with Gasteiger partial charge in [0.25, 0.3) is 0 Å². The summed E-state index contributed by atoms with van der Waals surface area (Å²) in [5.74, 6) is -0.806. The third kappa shape index (κ3) is 4.84. The fourth-order valence-corrected chi connectivity index (χ4v) is 2.72. The van der Waals surface area contributed by atoms with E-state index in [-0.39, 0.29) is 12.3 Å². The average molecular weight is 314 g/mol. The number of carbonyl (C=O) groups is 1. The van der Waals surface area contributed by atoms with Crippen LogP contribution in [0, 0.1) is 16.0 Å². The Hall–Kier alpha value is -2.30. The molecule has 5 heteroatoms. The van der Waals surface area contributed by atoms with Crippen molar-refractivity contribution < 1.29 is 9.72 Å². The minimum absolute atomic E-state index is 0.219. The first-order valence-corrected chi connectivity index (χ1v) is 8.13. The van der Waals surface area contributed by atoms with Gasteiger partial charge in [0.15, 0.2) is 5.78 Å². The number of hydrogen-bond acceptors (Lipinski definition) is 4. The van der Waals surface area contributed by atoms with Gasteiger partial charge in [0, 0.05) is 10.3 Å². The van der Waals surface area contributed by atoms with Crippen LogP contribution in [-0.2, 0) is 0 Å². The number of benzene rings is 1. The van der Waals surface area contributed by atoms with Crippen LogP contribution in [0.1, 0.15) is 49.5 Å². The third-order valence-corrected chi connectivity index (χ3v) is 4.00. The van der Waals surface area contributed by atoms with Crippen LogP contribution in [-0.4, -0.2) is 22.2 Å². The molecule has 0 bridgehead atoms. The molecule has 2 rings (SSSR count). The summed E-state index contributed by atoms with van der Waals surface area (Å²) in [4.78, 5) is 27.5. The highest BCUT2D eigenvalue weighted by molar-refractivity contribution is 5.98. The number of pyridine rings is 1. The Bertz CT molecular complexity index is 685. The molecule has 0 fully saturated rings. The van der Waals surface area contributed by atoms with Gasteiger partial charge in [-0.1, -0.05) is 56.9 Å². The lowest BCUT2D eigenvalue weighted by molar-refractivity contribution is -0.485.